The Morgan fingerprint density at radius 3 is 3.09 bits per heavy atom. The first kappa shape index (κ1) is 7.59. The predicted octanol–water partition coefficient (Wildman–Crippen LogP) is -0.0312. The summed E-state index contributed by atoms with van der Waals surface area (Å²) >= 11 is 0. The molecule has 0 amide bonds. The fraction of sp³-hybridized carbons (Fsp3) is 0.333. The van der Waals surface area contributed by atoms with Crippen molar-refractivity contribution in [1.82, 2.24) is 10.2 Å². The highest BCUT2D eigenvalue weighted by Gasteiger charge is 2.12. The summed E-state index contributed by atoms with van der Waals surface area (Å²) < 4.78 is 4.66. The number of nitrogens with two attached hydrogens (primary N) is 1. The van der Waals surface area contributed by atoms with Crippen molar-refractivity contribution in [2.45, 2.75) is 6.92 Å². The van der Waals surface area contributed by atoms with Crippen LogP contribution >= 0.6 is 0 Å². The van der Waals surface area contributed by atoms with Crippen LogP contribution in [0.4, 0.5) is 5.82 Å². The van der Waals surface area contributed by atoms with Gasteiger partial charge < -0.3 is 10.5 Å². The standard InChI is InChI=1S/C6H8N3O2/c1-2-11-6(10)4-3-8-9-5(4)7/h2H2,1H3,(H3,7,8,9). The average Bonchev–Trinajstić information content (AvgIpc) is 2.36. The number of H-pyrrole nitrogens is 1. The molecule has 5 nitrogen and oxygen atoms in total. The number of aromatic amines is 1. The molecule has 0 saturated carbocycles. The van der Waals surface area contributed by atoms with E-state index in [2.05, 4.69) is 21.1 Å². The quantitative estimate of drug-likeness (QED) is 0.586. The fourth-order valence-corrected chi connectivity index (χ4v) is 0.619. The molecule has 1 aromatic heterocycles. The van der Waals surface area contributed by atoms with Gasteiger partial charge in [-0.25, -0.2) is 4.79 Å². The number of ether oxygens (including phenoxy) is 1. The summed E-state index contributed by atoms with van der Waals surface area (Å²) in [6, 6.07) is 0. The van der Waals surface area contributed by atoms with Crippen molar-refractivity contribution in [1.29, 1.82) is 0 Å². The van der Waals surface area contributed by atoms with E-state index in [-0.39, 0.29) is 11.4 Å². The van der Waals surface area contributed by atoms with Crippen molar-refractivity contribution in [3.8, 4) is 0 Å². The minimum Gasteiger partial charge on any atom is -0.462 e. The molecule has 5 heteroatoms. The number of carbonyl (C=O) groups is 1. The zero-order valence-electron chi connectivity index (χ0n) is 6.05. The third kappa shape index (κ3) is 1.49. The lowest BCUT2D eigenvalue weighted by Crippen LogP contribution is -2.06. The Morgan fingerprint density at radius 1 is 1.91 bits per heavy atom. The number of anilines is 1. The van der Waals surface area contributed by atoms with E-state index in [1.54, 1.807) is 6.92 Å². The molecule has 59 valence electrons. The highest BCUT2D eigenvalue weighted by Crippen LogP contribution is 2.06. The number of hydrogen-bond acceptors (Lipinski definition) is 4. The third-order valence-corrected chi connectivity index (χ3v) is 1.09. The maximum Gasteiger partial charge on any atom is 0.344 e. The Morgan fingerprint density at radius 2 is 2.64 bits per heavy atom. The van der Waals surface area contributed by atoms with Gasteiger partial charge in [0, 0.05) is 0 Å². The van der Waals surface area contributed by atoms with Crippen molar-refractivity contribution in [2.75, 3.05) is 12.3 Å². The number of nitrogens with zero attached hydrogens (tertiary/aromatic N) is 1. The van der Waals surface area contributed by atoms with Crippen molar-refractivity contribution in [2.24, 2.45) is 0 Å². The first-order chi connectivity index (χ1) is 5.25. The Bertz CT molecular complexity index is 256. The van der Waals surface area contributed by atoms with Gasteiger partial charge in [0.2, 0.25) is 0 Å². The Labute approximate surface area is 63.5 Å². The molecule has 0 atom stereocenters. The topological polar surface area (TPSA) is 81.0 Å². The molecule has 11 heavy (non-hydrogen) atoms. The summed E-state index contributed by atoms with van der Waals surface area (Å²) in [4.78, 5) is 10.9. The predicted molar refractivity (Wildman–Crippen MR) is 37.8 cm³/mol. The number of rotatable bonds is 2. The second kappa shape index (κ2) is 3.05. The highest BCUT2D eigenvalue weighted by molar-refractivity contribution is 5.93. The summed E-state index contributed by atoms with van der Waals surface area (Å²) in [5, 5.41) is 5.83. The molecule has 0 aromatic carbocycles. The SMILES string of the molecule is CCOC(=O)c1[c]n[nH]c1N. The second-order valence-electron chi connectivity index (χ2n) is 1.84. The monoisotopic (exact) mass is 154 g/mol. The average molecular weight is 154 g/mol. The van der Waals surface area contributed by atoms with E-state index < -0.39 is 5.97 Å². The zero-order valence-corrected chi connectivity index (χ0v) is 6.05. The van der Waals surface area contributed by atoms with Crippen LogP contribution in [-0.2, 0) is 4.74 Å². The van der Waals surface area contributed by atoms with E-state index in [1.807, 2.05) is 0 Å². The van der Waals surface area contributed by atoms with Gasteiger partial charge in [-0.2, -0.15) is 5.10 Å². The molecule has 0 unspecified atom stereocenters. The van der Waals surface area contributed by atoms with Crippen LogP contribution < -0.4 is 5.73 Å². The Balaban J connectivity index is 2.76. The molecule has 1 rings (SSSR count). The van der Waals surface area contributed by atoms with Gasteiger partial charge >= 0.3 is 5.97 Å². The molecule has 0 aliphatic carbocycles. The number of esters is 1. The Kier molecular flexibility index (Phi) is 2.10. The molecular weight excluding hydrogens is 146 g/mol. The molecule has 0 fully saturated rings. The van der Waals surface area contributed by atoms with Crippen LogP contribution in [0.1, 0.15) is 17.3 Å². The Hall–Kier alpha value is -1.52. The van der Waals surface area contributed by atoms with Crippen LogP contribution in [0.3, 0.4) is 0 Å². The number of nitrogen functional groups attached to an aromatic ring is 1. The first-order valence-corrected chi connectivity index (χ1v) is 3.14. The molecule has 0 spiro atoms. The second-order valence-corrected chi connectivity index (χ2v) is 1.84. The van der Waals surface area contributed by atoms with E-state index in [9.17, 15) is 4.79 Å². The fourth-order valence-electron chi connectivity index (χ4n) is 0.619. The van der Waals surface area contributed by atoms with Crippen molar-refractivity contribution in [3.05, 3.63) is 11.8 Å². The molecule has 3 N–H and O–H groups in total. The molecule has 0 aliphatic rings. The third-order valence-electron chi connectivity index (χ3n) is 1.09. The van der Waals surface area contributed by atoms with Gasteiger partial charge in [0.05, 0.1) is 6.61 Å². The molecule has 0 saturated heterocycles. The lowest BCUT2D eigenvalue weighted by atomic mass is 10.3. The number of carbonyl (C=O) groups excluding carboxylic acids is 1. The smallest absolute Gasteiger partial charge is 0.344 e. The van der Waals surface area contributed by atoms with Gasteiger partial charge in [-0.15, -0.1) is 0 Å². The van der Waals surface area contributed by atoms with Gasteiger partial charge in [-0.3, -0.25) is 5.10 Å². The van der Waals surface area contributed by atoms with Crippen LogP contribution in [0.25, 0.3) is 0 Å². The summed E-state index contributed by atoms with van der Waals surface area (Å²) in [5.74, 6) is -0.317. The van der Waals surface area contributed by atoms with E-state index in [4.69, 9.17) is 5.73 Å². The maximum absolute atomic E-state index is 10.9. The number of aromatic nitrogens is 2. The molecule has 0 bridgehead atoms. The van der Waals surface area contributed by atoms with Crippen molar-refractivity contribution in [3.63, 3.8) is 0 Å². The summed E-state index contributed by atoms with van der Waals surface area (Å²) in [5.41, 5.74) is 5.48. The van der Waals surface area contributed by atoms with Crippen molar-refractivity contribution >= 4 is 11.8 Å². The van der Waals surface area contributed by atoms with Crippen LogP contribution in [0, 0.1) is 6.20 Å². The van der Waals surface area contributed by atoms with Gasteiger partial charge in [0.25, 0.3) is 0 Å². The van der Waals surface area contributed by atoms with Crippen molar-refractivity contribution < 1.29 is 9.53 Å². The van der Waals surface area contributed by atoms with Crippen LogP contribution in [0.15, 0.2) is 0 Å². The van der Waals surface area contributed by atoms with E-state index >= 15 is 0 Å². The lowest BCUT2D eigenvalue weighted by Gasteiger charge is -1.97. The first-order valence-electron chi connectivity index (χ1n) is 3.14. The zero-order chi connectivity index (χ0) is 8.27. The van der Waals surface area contributed by atoms with Gasteiger partial charge in [0.15, 0.2) is 0 Å². The molecule has 0 aliphatic heterocycles. The maximum atomic E-state index is 10.9. The summed E-state index contributed by atoms with van der Waals surface area (Å²) in [6.45, 7) is 2.03. The van der Waals surface area contributed by atoms with E-state index in [0.717, 1.165) is 0 Å². The van der Waals surface area contributed by atoms with Gasteiger partial charge in [0.1, 0.15) is 17.6 Å². The minimum absolute atomic E-state index is 0.159. The summed E-state index contributed by atoms with van der Waals surface area (Å²) in [6.07, 6.45) is 2.38. The van der Waals surface area contributed by atoms with Crippen LogP contribution in [0.5, 0.6) is 0 Å². The van der Waals surface area contributed by atoms with E-state index in [1.165, 1.54) is 0 Å². The van der Waals surface area contributed by atoms with Gasteiger partial charge in [-0.1, -0.05) is 0 Å². The number of hydrogen-bond donors (Lipinski definition) is 2. The van der Waals surface area contributed by atoms with E-state index in [0.29, 0.717) is 6.61 Å². The largest absolute Gasteiger partial charge is 0.462 e. The van der Waals surface area contributed by atoms with Crippen LogP contribution in [-0.4, -0.2) is 22.8 Å². The molecule has 1 radical (unpaired) electrons. The molecule has 1 aromatic rings. The minimum atomic E-state index is -0.501. The molecular formula is C6H8N3O2. The van der Waals surface area contributed by atoms with Gasteiger partial charge in [-0.05, 0) is 6.92 Å². The lowest BCUT2D eigenvalue weighted by molar-refractivity contribution is 0.0527. The normalized spacial score (nSPS) is 9.55. The number of nitrogens with one attached hydrogen (secondary N) is 1. The summed E-state index contributed by atoms with van der Waals surface area (Å²) in [7, 11) is 0. The molecule has 1 heterocycles. The van der Waals surface area contributed by atoms with Crippen LogP contribution in [0.2, 0.25) is 0 Å². The highest BCUT2D eigenvalue weighted by atomic mass is 16.5.